The number of carbonyl (C=O) groups excluding carboxylic acids is 1. The van der Waals surface area contributed by atoms with Crippen LogP contribution in [0.25, 0.3) is 0 Å². The summed E-state index contributed by atoms with van der Waals surface area (Å²) >= 11 is 0. The van der Waals surface area contributed by atoms with Gasteiger partial charge in [-0.15, -0.1) is 0 Å². The number of nitrogens with one attached hydrogen (secondary N) is 1. The Bertz CT molecular complexity index is 790. The number of methoxy groups -OCH3 is 1. The van der Waals surface area contributed by atoms with E-state index in [1.807, 2.05) is 56.4 Å². The molecule has 0 bridgehead atoms. The number of primary amides is 1. The van der Waals surface area contributed by atoms with Crippen LogP contribution in [0.1, 0.15) is 18.1 Å². The SMILES string of the molecule is CCNC(=NCc1cccc(OCC(N)=O)c1)N(C)Cc1ccc(OC)cc1. The second-order valence-electron chi connectivity index (χ2n) is 6.28. The zero-order valence-corrected chi connectivity index (χ0v) is 16.6. The third kappa shape index (κ3) is 6.83. The highest BCUT2D eigenvalue weighted by atomic mass is 16.5. The fourth-order valence-corrected chi connectivity index (χ4v) is 2.60. The molecule has 0 aliphatic heterocycles. The number of ether oxygens (including phenoxy) is 2. The first-order chi connectivity index (χ1) is 13.5. The van der Waals surface area contributed by atoms with Crippen molar-refractivity contribution in [1.29, 1.82) is 0 Å². The van der Waals surface area contributed by atoms with Crippen LogP contribution in [0.4, 0.5) is 0 Å². The molecule has 2 rings (SSSR count). The summed E-state index contributed by atoms with van der Waals surface area (Å²) in [6.45, 7) is 3.88. The summed E-state index contributed by atoms with van der Waals surface area (Å²) in [6.07, 6.45) is 0. The summed E-state index contributed by atoms with van der Waals surface area (Å²) in [5, 5.41) is 3.31. The normalized spacial score (nSPS) is 11.0. The molecule has 0 heterocycles. The Balaban J connectivity index is 2.04. The smallest absolute Gasteiger partial charge is 0.255 e. The Labute approximate surface area is 166 Å². The minimum Gasteiger partial charge on any atom is -0.497 e. The quantitative estimate of drug-likeness (QED) is 0.511. The van der Waals surface area contributed by atoms with E-state index < -0.39 is 5.91 Å². The van der Waals surface area contributed by atoms with E-state index in [0.29, 0.717) is 12.3 Å². The van der Waals surface area contributed by atoms with E-state index in [1.54, 1.807) is 13.2 Å². The number of carbonyl (C=O) groups is 1. The predicted octanol–water partition coefficient (Wildman–Crippen LogP) is 2.16. The van der Waals surface area contributed by atoms with Crippen LogP contribution in [0.3, 0.4) is 0 Å². The summed E-state index contributed by atoms with van der Waals surface area (Å²) in [6, 6.07) is 15.5. The van der Waals surface area contributed by atoms with Gasteiger partial charge in [0.05, 0.1) is 13.7 Å². The largest absolute Gasteiger partial charge is 0.497 e. The van der Waals surface area contributed by atoms with Crippen molar-refractivity contribution in [2.75, 3.05) is 27.3 Å². The standard InChI is InChI=1S/C21H28N4O3/c1-4-23-21(25(2)14-16-8-10-18(27-3)11-9-16)24-13-17-6-5-7-19(12-17)28-15-20(22)26/h5-12H,4,13-15H2,1-3H3,(H2,22,26)(H,23,24). The van der Waals surface area contributed by atoms with Crippen LogP contribution in [0, 0.1) is 0 Å². The Morgan fingerprint density at radius 1 is 1.14 bits per heavy atom. The van der Waals surface area contributed by atoms with Crippen molar-refractivity contribution in [2.24, 2.45) is 10.7 Å². The molecule has 0 unspecified atom stereocenters. The summed E-state index contributed by atoms with van der Waals surface area (Å²) in [4.78, 5) is 17.6. The summed E-state index contributed by atoms with van der Waals surface area (Å²) in [5.41, 5.74) is 7.26. The molecule has 0 radical (unpaired) electrons. The molecule has 7 heteroatoms. The second kappa shape index (κ2) is 10.8. The van der Waals surface area contributed by atoms with Crippen LogP contribution in [-0.2, 0) is 17.9 Å². The van der Waals surface area contributed by atoms with Crippen LogP contribution in [-0.4, -0.2) is 44.1 Å². The first-order valence-corrected chi connectivity index (χ1v) is 9.14. The lowest BCUT2D eigenvalue weighted by Gasteiger charge is -2.22. The van der Waals surface area contributed by atoms with E-state index in [9.17, 15) is 4.79 Å². The fraction of sp³-hybridized carbons (Fsp3) is 0.333. The van der Waals surface area contributed by atoms with Gasteiger partial charge in [-0.05, 0) is 42.3 Å². The minimum absolute atomic E-state index is 0.139. The molecule has 0 saturated carbocycles. The molecule has 0 aromatic heterocycles. The van der Waals surface area contributed by atoms with Crippen LogP contribution >= 0.6 is 0 Å². The van der Waals surface area contributed by atoms with Crippen LogP contribution in [0.15, 0.2) is 53.5 Å². The number of benzene rings is 2. The van der Waals surface area contributed by atoms with Gasteiger partial charge in [0, 0.05) is 20.1 Å². The maximum Gasteiger partial charge on any atom is 0.255 e. The average Bonchev–Trinajstić information content (AvgIpc) is 2.70. The zero-order chi connectivity index (χ0) is 20.4. The highest BCUT2D eigenvalue weighted by molar-refractivity contribution is 5.79. The van der Waals surface area contributed by atoms with E-state index in [1.165, 1.54) is 0 Å². The van der Waals surface area contributed by atoms with E-state index >= 15 is 0 Å². The molecule has 0 aliphatic rings. The number of nitrogens with two attached hydrogens (primary N) is 1. The number of guanidine groups is 1. The molecule has 3 N–H and O–H groups in total. The third-order valence-electron chi connectivity index (χ3n) is 3.97. The van der Waals surface area contributed by atoms with E-state index in [-0.39, 0.29) is 6.61 Å². The van der Waals surface area contributed by atoms with Gasteiger partial charge >= 0.3 is 0 Å². The van der Waals surface area contributed by atoms with E-state index in [2.05, 4.69) is 10.2 Å². The molecule has 28 heavy (non-hydrogen) atoms. The number of hydrogen-bond donors (Lipinski definition) is 2. The van der Waals surface area contributed by atoms with Gasteiger partial charge in [0.25, 0.3) is 5.91 Å². The van der Waals surface area contributed by atoms with Crippen LogP contribution < -0.4 is 20.5 Å². The first-order valence-electron chi connectivity index (χ1n) is 9.14. The zero-order valence-electron chi connectivity index (χ0n) is 16.6. The number of amides is 1. The van der Waals surface area contributed by atoms with Crippen molar-refractivity contribution in [3.8, 4) is 11.5 Å². The van der Waals surface area contributed by atoms with Gasteiger partial charge in [-0.25, -0.2) is 4.99 Å². The highest BCUT2D eigenvalue weighted by Gasteiger charge is 2.07. The van der Waals surface area contributed by atoms with Gasteiger partial charge in [-0.3, -0.25) is 4.79 Å². The second-order valence-corrected chi connectivity index (χ2v) is 6.28. The highest BCUT2D eigenvalue weighted by Crippen LogP contribution is 2.15. The molecular weight excluding hydrogens is 356 g/mol. The van der Waals surface area contributed by atoms with Crippen molar-refractivity contribution >= 4 is 11.9 Å². The van der Waals surface area contributed by atoms with Gasteiger partial charge in [0.2, 0.25) is 0 Å². The number of hydrogen-bond acceptors (Lipinski definition) is 4. The molecule has 0 aliphatic carbocycles. The lowest BCUT2D eigenvalue weighted by molar-refractivity contribution is -0.119. The maximum atomic E-state index is 10.9. The van der Waals surface area contributed by atoms with Crippen molar-refractivity contribution < 1.29 is 14.3 Å². The average molecular weight is 384 g/mol. The van der Waals surface area contributed by atoms with Crippen molar-refractivity contribution in [1.82, 2.24) is 10.2 Å². The van der Waals surface area contributed by atoms with Crippen LogP contribution in [0.5, 0.6) is 11.5 Å². The Morgan fingerprint density at radius 2 is 1.89 bits per heavy atom. The molecule has 150 valence electrons. The Morgan fingerprint density at radius 3 is 2.54 bits per heavy atom. The van der Waals surface area contributed by atoms with Gasteiger partial charge in [-0.1, -0.05) is 24.3 Å². The Kier molecular flexibility index (Phi) is 8.14. The lowest BCUT2D eigenvalue weighted by atomic mass is 10.2. The van der Waals surface area contributed by atoms with Gasteiger partial charge in [0.15, 0.2) is 12.6 Å². The molecular formula is C21H28N4O3. The van der Waals surface area contributed by atoms with Gasteiger partial charge in [0.1, 0.15) is 11.5 Å². The molecule has 1 amide bonds. The minimum atomic E-state index is -0.502. The monoisotopic (exact) mass is 384 g/mol. The molecule has 2 aromatic carbocycles. The third-order valence-corrected chi connectivity index (χ3v) is 3.97. The molecule has 0 saturated heterocycles. The van der Waals surface area contributed by atoms with Crippen LogP contribution in [0.2, 0.25) is 0 Å². The van der Waals surface area contributed by atoms with E-state index in [4.69, 9.17) is 20.2 Å². The predicted molar refractivity (Wildman–Crippen MR) is 110 cm³/mol. The molecule has 0 atom stereocenters. The first kappa shape index (κ1) is 21.1. The number of rotatable bonds is 9. The topological polar surface area (TPSA) is 89.2 Å². The Hall–Kier alpha value is -3.22. The number of aliphatic imine (C=N–C) groups is 1. The lowest BCUT2D eigenvalue weighted by Crippen LogP contribution is -2.38. The number of nitrogens with zero attached hydrogens (tertiary/aromatic N) is 2. The van der Waals surface area contributed by atoms with Crippen molar-refractivity contribution in [3.63, 3.8) is 0 Å². The van der Waals surface area contributed by atoms with Crippen molar-refractivity contribution in [2.45, 2.75) is 20.0 Å². The summed E-state index contributed by atoms with van der Waals surface area (Å²) < 4.78 is 10.6. The maximum absolute atomic E-state index is 10.9. The fourth-order valence-electron chi connectivity index (χ4n) is 2.60. The van der Waals surface area contributed by atoms with E-state index in [0.717, 1.165) is 35.9 Å². The van der Waals surface area contributed by atoms with Crippen molar-refractivity contribution in [3.05, 3.63) is 59.7 Å². The molecule has 7 nitrogen and oxygen atoms in total. The van der Waals surface area contributed by atoms with Gasteiger partial charge < -0.3 is 25.4 Å². The molecule has 2 aromatic rings. The van der Waals surface area contributed by atoms with Gasteiger partial charge in [-0.2, -0.15) is 0 Å². The molecule has 0 fully saturated rings. The summed E-state index contributed by atoms with van der Waals surface area (Å²) in [7, 11) is 3.66. The molecule has 0 spiro atoms. The summed E-state index contributed by atoms with van der Waals surface area (Å²) in [5.74, 6) is 1.74.